The summed E-state index contributed by atoms with van der Waals surface area (Å²) in [5.41, 5.74) is 1.56. The maximum Gasteiger partial charge on any atom is 0.177 e. The molecule has 0 radical (unpaired) electrons. The quantitative estimate of drug-likeness (QED) is 0.852. The maximum atomic E-state index is 9.20. The number of imidazole rings is 1. The van der Waals surface area contributed by atoms with Gasteiger partial charge < -0.3 is 9.30 Å². The van der Waals surface area contributed by atoms with Crippen LogP contribution in [0.25, 0.3) is 0 Å². The molecule has 0 fully saturated rings. The Morgan fingerprint density at radius 2 is 1.95 bits per heavy atom. The highest BCUT2D eigenvalue weighted by atomic mass is 16.5. The number of aryl methyl sites for hydroxylation is 1. The van der Waals surface area contributed by atoms with Gasteiger partial charge in [-0.2, -0.15) is 15.8 Å². The maximum absolute atomic E-state index is 9.20. The molecule has 21 heavy (non-hydrogen) atoms. The lowest BCUT2D eigenvalue weighted by atomic mass is 10.1. The van der Waals surface area contributed by atoms with E-state index in [0.29, 0.717) is 23.7 Å². The molecule has 102 valence electrons. The van der Waals surface area contributed by atoms with Gasteiger partial charge in [0, 0.05) is 5.56 Å². The second-order valence-corrected chi connectivity index (χ2v) is 4.30. The number of benzene rings is 1. The van der Waals surface area contributed by atoms with Gasteiger partial charge in [-0.25, -0.2) is 4.98 Å². The molecule has 6 heteroatoms. The Labute approximate surface area is 122 Å². The number of rotatable bonds is 3. The lowest BCUT2D eigenvalue weighted by Crippen LogP contribution is -2.06. The van der Waals surface area contributed by atoms with E-state index in [2.05, 4.69) is 11.1 Å². The third-order valence-electron chi connectivity index (χ3n) is 3.11. The van der Waals surface area contributed by atoms with E-state index >= 15 is 0 Å². The number of nitrogens with zero attached hydrogens (tertiary/aromatic N) is 5. The first-order valence-electron chi connectivity index (χ1n) is 6.09. The van der Waals surface area contributed by atoms with Crippen LogP contribution in [-0.4, -0.2) is 16.7 Å². The fraction of sp³-hybridized carbons (Fsp3) is 0.200. The second kappa shape index (κ2) is 5.77. The van der Waals surface area contributed by atoms with Crippen LogP contribution >= 0.6 is 0 Å². The van der Waals surface area contributed by atoms with E-state index in [4.69, 9.17) is 15.3 Å². The smallest absolute Gasteiger partial charge is 0.177 e. The molecule has 0 saturated carbocycles. The highest BCUT2D eigenvalue weighted by Crippen LogP contribution is 2.22. The van der Waals surface area contributed by atoms with Crippen molar-refractivity contribution >= 4 is 0 Å². The summed E-state index contributed by atoms with van der Waals surface area (Å²) in [6.45, 7) is 2.03. The molecular weight excluding hydrogens is 266 g/mol. The number of hydrogen-bond donors (Lipinski definition) is 0. The van der Waals surface area contributed by atoms with Gasteiger partial charge in [-0.15, -0.1) is 0 Å². The Bertz CT molecular complexity index is 814. The zero-order chi connectivity index (χ0) is 15.4. The minimum atomic E-state index is 0.102. The molecule has 0 aliphatic carbocycles. The van der Waals surface area contributed by atoms with Crippen LogP contribution in [0, 0.1) is 40.9 Å². The molecule has 1 heterocycles. The van der Waals surface area contributed by atoms with Crippen LogP contribution in [0.4, 0.5) is 0 Å². The number of hydrogen-bond acceptors (Lipinski definition) is 5. The molecule has 1 aromatic carbocycles. The molecular formula is C15H11N5O. The summed E-state index contributed by atoms with van der Waals surface area (Å²) in [6, 6.07) is 11.0. The van der Waals surface area contributed by atoms with Gasteiger partial charge >= 0.3 is 0 Å². The van der Waals surface area contributed by atoms with E-state index in [1.165, 1.54) is 7.11 Å². The van der Waals surface area contributed by atoms with Gasteiger partial charge in [-0.1, -0.05) is 0 Å². The lowest BCUT2D eigenvalue weighted by molar-refractivity contribution is 0.408. The van der Waals surface area contributed by atoms with E-state index in [9.17, 15) is 5.26 Å². The molecule has 0 unspecified atom stereocenters. The van der Waals surface area contributed by atoms with Gasteiger partial charge in [0.05, 0.1) is 25.3 Å². The molecule has 0 saturated heterocycles. The summed E-state index contributed by atoms with van der Waals surface area (Å²) in [5, 5.41) is 27.2. The van der Waals surface area contributed by atoms with Crippen LogP contribution < -0.4 is 4.74 Å². The first-order valence-corrected chi connectivity index (χ1v) is 6.09. The average Bonchev–Trinajstić information content (AvgIpc) is 2.82. The van der Waals surface area contributed by atoms with Crippen molar-refractivity contribution in [1.82, 2.24) is 9.55 Å². The van der Waals surface area contributed by atoms with Crippen molar-refractivity contribution < 1.29 is 4.74 Å². The van der Waals surface area contributed by atoms with Crippen LogP contribution in [-0.2, 0) is 6.54 Å². The Balaban J connectivity index is 2.54. The Kier molecular flexibility index (Phi) is 3.88. The predicted octanol–water partition coefficient (Wildman–Crippen LogP) is 1.86. The van der Waals surface area contributed by atoms with Crippen LogP contribution in [0.5, 0.6) is 5.75 Å². The van der Waals surface area contributed by atoms with Crippen molar-refractivity contribution in [2.45, 2.75) is 13.5 Å². The molecule has 0 aliphatic rings. The molecule has 2 rings (SSSR count). The van der Waals surface area contributed by atoms with Gasteiger partial charge in [0.2, 0.25) is 0 Å². The summed E-state index contributed by atoms with van der Waals surface area (Å²) in [5.74, 6) is 1.18. The fourth-order valence-corrected chi connectivity index (χ4v) is 2.09. The SMILES string of the molecule is COc1ccc(C#N)cc1Cn1c(C)nc(C#N)c1C#N. The topological polar surface area (TPSA) is 98.4 Å². The van der Waals surface area contributed by atoms with Crippen molar-refractivity contribution in [3.8, 4) is 24.0 Å². The molecule has 0 N–H and O–H groups in total. The molecule has 6 nitrogen and oxygen atoms in total. The summed E-state index contributed by atoms with van der Waals surface area (Å²) < 4.78 is 6.91. The highest BCUT2D eigenvalue weighted by molar-refractivity contribution is 5.44. The molecule has 0 spiro atoms. The van der Waals surface area contributed by atoms with Crippen LogP contribution in [0.3, 0.4) is 0 Å². The van der Waals surface area contributed by atoms with Gasteiger partial charge in [-0.3, -0.25) is 0 Å². The Hall–Kier alpha value is -3.30. The first kappa shape index (κ1) is 14.1. The summed E-state index contributed by atoms with van der Waals surface area (Å²) in [4.78, 5) is 4.07. The Morgan fingerprint density at radius 1 is 1.19 bits per heavy atom. The molecule has 1 aromatic heterocycles. The van der Waals surface area contributed by atoms with Crippen molar-refractivity contribution in [2.24, 2.45) is 0 Å². The van der Waals surface area contributed by atoms with Crippen molar-refractivity contribution in [2.75, 3.05) is 7.11 Å². The normalized spacial score (nSPS) is 9.48. The summed E-state index contributed by atoms with van der Waals surface area (Å²) in [6.07, 6.45) is 0. The highest BCUT2D eigenvalue weighted by Gasteiger charge is 2.16. The van der Waals surface area contributed by atoms with Crippen molar-refractivity contribution in [3.63, 3.8) is 0 Å². The number of ether oxygens (including phenoxy) is 1. The zero-order valence-electron chi connectivity index (χ0n) is 11.6. The van der Waals surface area contributed by atoms with Gasteiger partial charge in [0.25, 0.3) is 0 Å². The van der Waals surface area contributed by atoms with Crippen LogP contribution in [0.1, 0.15) is 28.3 Å². The average molecular weight is 277 g/mol. The summed E-state index contributed by atoms with van der Waals surface area (Å²) >= 11 is 0. The summed E-state index contributed by atoms with van der Waals surface area (Å²) in [7, 11) is 1.54. The van der Waals surface area contributed by atoms with E-state index < -0.39 is 0 Å². The minimum Gasteiger partial charge on any atom is -0.496 e. The Morgan fingerprint density at radius 3 is 2.52 bits per heavy atom. The molecule has 2 aromatic rings. The second-order valence-electron chi connectivity index (χ2n) is 4.30. The van der Waals surface area contributed by atoms with E-state index in [1.54, 1.807) is 29.7 Å². The van der Waals surface area contributed by atoms with Crippen molar-refractivity contribution in [3.05, 3.63) is 46.5 Å². The van der Waals surface area contributed by atoms with E-state index in [-0.39, 0.29) is 11.4 Å². The van der Waals surface area contributed by atoms with Crippen LogP contribution in [0.15, 0.2) is 18.2 Å². The van der Waals surface area contributed by atoms with Gasteiger partial charge in [0.1, 0.15) is 23.7 Å². The van der Waals surface area contributed by atoms with Crippen LogP contribution in [0.2, 0.25) is 0 Å². The zero-order valence-corrected chi connectivity index (χ0v) is 11.6. The third-order valence-corrected chi connectivity index (χ3v) is 3.11. The molecule has 0 atom stereocenters. The third kappa shape index (κ3) is 2.54. The van der Waals surface area contributed by atoms with E-state index in [1.807, 2.05) is 12.1 Å². The number of nitriles is 3. The van der Waals surface area contributed by atoms with Gasteiger partial charge in [-0.05, 0) is 25.1 Å². The largest absolute Gasteiger partial charge is 0.496 e. The standard InChI is InChI=1S/C15H11N5O/c1-10-19-13(7-17)14(8-18)20(10)9-12-5-11(6-16)3-4-15(12)21-2/h3-5H,9H2,1-2H3. The van der Waals surface area contributed by atoms with E-state index in [0.717, 1.165) is 5.56 Å². The fourth-order valence-electron chi connectivity index (χ4n) is 2.09. The number of methoxy groups -OCH3 is 1. The number of aromatic nitrogens is 2. The molecule has 0 aliphatic heterocycles. The monoisotopic (exact) mass is 277 g/mol. The molecule has 0 amide bonds. The lowest BCUT2D eigenvalue weighted by Gasteiger charge is -2.11. The first-order chi connectivity index (χ1) is 10.1. The predicted molar refractivity (Wildman–Crippen MR) is 73.2 cm³/mol. The minimum absolute atomic E-state index is 0.102. The van der Waals surface area contributed by atoms with Gasteiger partial charge in [0.15, 0.2) is 11.4 Å². The molecule has 0 bridgehead atoms. The van der Waals surface area contributed by atoms with Crippen molar-refractivity contribution in [1.29, 1.82) is 15.8 Å².